The van der Waals surface area contributed by atoms with Crippen LogP contribution >= 0.6 is 0 Å². The summed E-state index contributed by atoms with van der Waals surface area (Å²) >= 11 is 0. The Morgan fingerprint density at radius 1 is 0.535 bits per heavy atom. The van der Waals surface area contributed by atoms with E-state index in [1.165, 1.54) is 56.0 Å². The summed E-state index contributed by atoms with van der Waals surface area (Å²) in [5, 5.41) is 1.12. The van der Waals surface area contributed by atoms with Crippen LogP contribution in [0.3, 0.4) is 0 Å². The second kappa shape index (κ2) is 8.53. The molecule has 43 heavy (non-hydrogen) atoms. The summed E-state index contributed by atoms with van der Waals surface area (Å²) < 4.78 is 6.19. The molecule has 0 saturated carbocycles. The van der Waals surface area contributed by atoms with Crippen molar-refractivity contribution < 1.29 is 4.42 Å². The van der Waals surface area contributed by atoms with Gasteiger partial charge in [0.1, 0.15) is 11.3 Å². The van der Waals surface area contributed by atoms with Gasteiger partial charge in [0, 0.05) is 51.5 Å². The van der Waals surface area contributed by atoms with E-state index in [0.717, 1.165) is 34.4 Å². The highest BCUT2D eigenvalue weighted by Crippen LogP contribution is 2.48. The minimum absolute atomic E-state index is 0.171. The van der Waals surface area contributed by atoms with Crippen molar-refractivity contribution in [3.05, 3.63) is 151 Å². The number of para-hydroxylation sites is 4. The summed E-state index contributed by atoms with van der Waals surface area (Å²) in [7, 11) is 0. The molecule has 0 amide bonds. The van der Waals surface area contributed by atoms with E-state index in [2.05, 4.69) is 131 Å². The standard InChI is InChI=1S/C39H25BN2O/c1-4-14-32-26(9-1)23-28-11-7-13-31-39(28)42(32)35-17-8-16-34-38(35)40(31)30-12-3-5-15-33(30)41(34)29-21-19-25(20-22-29)37-24-27-10-2-6-18-36(27)43-37/h1-22,24H,23H2. The zero-order valence-electron chi connectivity index (χ0n) is 23.4. The predicted molar refractivity (Wildman–Crippen MR) is 178 cm³/mol. The van der Waals surface area contributed by atoms with Gasteiger partial charge >= 0.3 is 0 Å². The molecule has 7 aromatic rings. The Morgan fingerprint density at radius 3 is 2.09 bits per heavy atom. The quantitative estimate of drug-likeness (QED) is 0.204. The lowest BCUT2D eigenvalue weighted by atomic mass is 9.33. The Hall–Kier alpha value is -5.48. The summed E-state index contributed by atoms with van der Waals surface area (Å²) in [6.45, 7) is 0.171. The molecular weight excluding hydrogens is 523 g/mol. The Bertz CT molecular complexity index is 2220. The van der Waals surface area contributed by atoms with E-state index in [4.69, 9.17) is 4.42 Å². The fourth-order valence-electron chi connectivity index (χ4n) is 7.66. The van der Waals surface area contributed by atoms with Crippen molar-refractivity contribution in [2.24, 2.45) is 0 Å². The Morgan fingerprint density at radius 2 is 1.21 bits per heavy atom. The Balaban J connectivity index is 1.18. The molecule has 200 valence electrons. The average molecular weight is 548 g/mol. The van der Waals surface area contributed by atoms with Crippen LogP contribution < -0.4 is 26.2 Å². The van der Waals surface area contributed by atoms with Crippen LogP contribution in [0.2, 0.25) is 0 Å². The van der Waals surface area contributed by atoms with Gasteiger partial charge in [-0.25, -0.2) is 0 Å². The number of furan rings is 1. The number of nitrogens with zero attached hydrogens (tertiary/aromatic N) is 2. The van der Waals surface area contributed by atoms with Gasteiger partial charge in [-0.2, -0.15) is 0 Å². The van der Waals surface area contributed by atoms with Gasteiger partial charge in [-0.05, 0) is 88.2 Å². The van der Waals surface area contributed by atoms with Gasteiger partial charge in [0.2, 0.25) is 0 Å². The van der Waals surface area contributed by atoms with Crippen LogP contribution in [0.5, 0.6) is 0 Å². The smallest absolute Gasteiger partial charge is 0.252 e. The molecule has 4 heterocycles. The van der Waals surface area contributed by atoms with Crippen molar-refractivity contribution in [2.45, 2.75) is 6.42 Å². The fourth-order valence-corrected chi connectivity index (χ4v) is 7.66. The molecule has 4 heteroatoms. The predicted octanol–water partition coefficient (Wildman–Crippen LogP) is 8.09. The lowest BCUT2D eigenvalue weighted by Gasteiger charge is -2.46. The van der Waals surface area contributed by atoms with Crippen molar-refractivity contribution in [2.75, 3.05) is 9.80 Å². The van der Waals surface area contributed by atoms with E-state index in [1.54, 1.807) is 0 Å². The van der Waals surface area contributed by atoms with E-state index >= 15 is 0 Å². The summed E-state index contributed by atoms with van der Waals surface area (Å²) in [6, 6.07) is 50.7. The third kappa shape index (κ3) is 3.15. The first-order chi connectivity index (χ1) is 21.3. The van der Waals surface area contributed by atoms with E-state index < -0.39 is 0 Å². The van der Waals surface area contributed by atoms with Gasteiger partial charge in [-0.1, -0.05) is 78.9 Å². The number of benzene rings is 6. The third-order valence-corrected chi connectivity index (χ3v) is 9.45. The molecule has 0 spiro atoms. The van der Waals surface area contributed by atoms with Crippen LogP contribution in [0.15, 0.2) is 144 Å². The molecule has 0 radical (unpaired) electrons. The zero-order chi connectivity index (χ0) is 28.1. The lowest BCUT2D eigenvalue weighted by Crippen LogP contribution is -2.61. The molecule has 3 nitrogen and oxygen atoms in total. The minimum atomic E-state index is 0.171. The molecule has 0 atom stereocenters. The zero-order valence-corrected chi connectivity index (χ0v) is 23.4. The van der Waals surface area contributed by atoms with Gasteiger partial charge in [0.05, 0.1) is 0 Å². The van der Waals surface area contributed by atoms with E-state index in [9.17, 15) is 0 Å². The molecule has 0 fully saturated rings. The lowest BCUT2D eigenvalue weighted by molar-refractivity contribution is 0.631. The van der Waals surface area contributed by atoms with E-state index in [0.29, 0.717) is 0 Å². The van der Waals surface area contributed by atoms with Crippen molar-refractivity contribution >= 4 is 68.2 Å². The second-order valence-electron chi connectivity index (χ2n) is 11.7. The molecule has 3 aliphatic heterocycles. The van der Waals surface area contributed by atoms with Gasteiger partial charge in [0.25, 0.3) is 6.71 Å². The van der Waals surface area contributed by atoms with Crippen LogP contribution in [0.25, 0.3) is 22.3 Å². The highest BCUT2D eigenvalue weighted by atomic mass is 16.3. The normalized spacial score (nSPS) is 13.8. The molecule has 0 unspecified atom stereocenters. The van der Waals surface area contributed by atoms with Crippen molar-refractivity contribution in [1.82, 2.24) is 0 Å². The maximum Gasteiger partial charge on any atom is 0.252 e. The molecule has 10 rings (SSSR count). The number of rotatable bonds is 2. The van der Waals surface area contributed by atoms with Gasteiger partial charge in [-0.15, -0.1) is 0 Å². The number of hydrogen-bond donors (Lipinski definition) is 0. The molecule has 0 bridgehead atoms. The number of hydrogen-bond acceptors (Lipinski definition) is 3. The van der Waals surface area contributed by atoms with E-state index in [-0.39, 0.29) is 6.71 Å². The first-order valence-electron chi connectivity index (χ1n) is 14.9. The summed E-state index contributed by atoms with van der Waals surface area (Å²) in [4.78, 5) is 4.97. The maximum atomic E-state index is 6.19. The second-order valence-corrected chi connectivity index (χ2v) is 11.7. The van der Waals surface area contributed by atoms with Crippen molar-refractivity contribution in [3.63, 3.8) is 0 Å². The highest BCUT2D eigenvalue weighted by Gasteiger charge is 2.44. The topological polar surface area (TPSA) is 19.6 Å². The monoisotopic (exact) mass is 548 g/mol. The summed E-state index contributed by atoms with van der Waals surface area (Å²) in [5.74, 6) is 0.889. The number of fused-ring (bicyclic) bond motifs is 7. The van der Waals surface area contributed by atoms with Gasteiger partial charge < -0.3 is 14.2 Å². The van der Waals surface area contributed by atoms with Crippen LogP contribution in [0.4, 0.5) is 34.1 Å². The largest absolute Gasteiger partial charge is 0.456 e. The Labute approximate surface area is 250 Å². The van der Waals surface area contributed by atoms with Crippen LogP contribution in [-0.2, 0) is 6.42 Å². The fraction of sp³-hybridized carbons (Fsp3) is 0.0256. The van der Waals surface area contributed by atoms with Gasteiger partial charge in [-0.3, -0.25) is 0 Å². The number of anilines is 6. The van der Waals surface area contributed by atoms with Crippen molar-refractivity contribution in [3.8, 4) is 11.3 Å². The highest BCUT2D eigenvalue weighted by molar-refractivity contribution is 7.00. The third-order valence-electron chi connectivity index (χ3n) is 9.45. The van der Waals surface area contributed by atoms with Crippen molar-refractivity contribution in [1.29, 1.82) is 0 Å². The van der Waals surface area contributed by atoms with Crippen LogP contribution in [0.1, 0.15) is 11.1 Å². The molecular formula is C39H25BN2O. The molecule has 0 aliphatic carbocycles. The molecule has 0 N–H and O–H groups in total. The molecule has 0 saturated heterocycles. The molecule has 6 aromatic carbocycles. The maximum absolute atomic E-state index is 6.19. The summed E-state index contributed by atoms with van der Waals surface area (Å²) in [6.07, 6.45) is 0.961. The SMILES string of the molecule is c1ccc2c(c1)Cc1cccc3c1N2c1cccc2c1B3c1ccccc1N2c1ccc(-c2cc3ccccc3o2)cc1. The molecule has 3 aliphatic rings. The molecule has 1 aromatic heterocycles. The van der Waals surface area contributed by atoms with Crippen LogP contribution in [-0.4, -0.2) is 6.71 Å². The minimum Gasteiger partial charge on any atom is -0.456 e. The van der Waals surface area contributed by atoms with Crippen LogP contribution in [0, 0.1) is 0 Å². The summed E-state index contributed by atoms with van der Waals surface area (Å²) in [5.41, 5.74) is 16.4. The Kier molecular flexibility index (Phi) is 4.59. The van der Waals surface area contributed by atoms with Gasteiger partial charge in [0.15, 0.2) is 0 Å². The van der Waals surface area contributed by atoms with E-state index in [1.807, 2.05) is 18.2 Å². The first-order valence-corrected chi connectivity index (χ1v) is 14.9. The average Bonchev–Trinajstić information content (AvgIpc) is 3.50. The first kappa shape index (κ1) is 23.1.